The van der Waals surface area contributed by atoms with E-state index < -0.39 is 12.1 Å². The molecule has 4 N–H and O–H groups in total. The molecule has 2 heterocycles. The molecule has 3 amide bonds. The quantitative estimate of drug-likeness (QED) is 0.165. The second-order valence-corrected chi connectivity index (χ2v) is 10.8. The summed E-state index contributed by atoms with van der Waals surface area (Å²) in [5.74, 6) is 0.520. The summed E-state index contributed by atoms with van der Waals surface area (Å²) in [6, 6.07) is 21.9. The van der Waals surface area contributed by atoms with Crippen molar-refractivity contribution in [3.8, 4) is 11.3 Å². The first kappa shape index (κ1) is 29.3. The number of carbonyl (C=O) groups excluding carboxylic acids is 2. The summed E-state index contributed by atoms with van der Waals surface area (Å²) >= 11 is 12.9. The van der Waals surface area contributed by atoms with Gasteiger partial charge in [0.15, 0.2) is 0 Å². The van der Waals surface area contributed by atoms with Gasteiger partial charge >= 0.3 is 12.1 Å². The maximum Gasteiger partial charge on any atom is 0.411 e. The van der Waals surface area contributed by atoms with Gasteiger partial charge in [-0.1, -0.05) is 65.7 Å². The lowest BCUT2D eigenvalue weighted by Crippen LogP contribution is -2.39. The monoisotopic (exact) mass is 606 g/mol. The number of halogens is 2. The SMILES string of the molecule is COC(=O)Nc1ccc(-c2nc([C@@H](Cc3ccccc3)NC(=O)NCc3cc(Cl)ccc3N3CCCC3)[nH]c2Cl)cc1. The molecule has 1 aliphatic rings. The molecule has 0 radical (unpaired) electrons. The first-order valence-electron chi connectivity index (χ1n) is 13.7. The van der Waals surface area contributed by atoms with Crippen LogP contribution in [0.1, 0.15) is 35.8 Å². The highest BCUT2D eigenvalue weighted by Crippen LogP contribution is 2.30. The highest BCUT2D eigenvalue weighted by molar-refractivity contribution is 6.32. The summed E-state index contributed by atoms with van der Waals surface area (Å²) in [5.41, 5.74) is 4.94. The van der Waals surface area contributed by atoms with E-state index in [-0.39, 0.29) is 6.03 Å². The van der Waals surface area contributed by atoms with Crippen LogP contribution in [0.15, 0.2) is 72.8 Å². The predicted octanol–water partition coefficient (Wildman–Crippen LogP) is 6.95. The lowest BCUT2D eigenvalue weighted by Gasteiger charge is -2.22. The van der Waals surface area contributed by atoms with E-state index in [1.165, 1.54) is 7.11 Å². The van der Waals surface area contributed by atoms with Crippen LogP contribution in [-0.4, -0.2) is 42.3 Å². The highest BCUT2D eigenvalue weighted by atomic mass is 35.5. The fourth-order valence-electron chi connectivity index (χ4n) is 5.02. The van der Waals surface area contributed by atoms with E-state index >= 15 is 0 Å². The smallest absolute Gasteiger partial charge is 0.411 e. The van der Waals surface area contributed by atoms with Gasteiger partial charge in [-0.05, 0) is 60.7 Å². The van der Waals surface area contributed by atoms with E-state index in [1.54, 1.807) is 24.3 Å². The third-order valence-corrected chi connectivity index (χ3v) is 7.62. The molecule has 0 unspecified atom stereocenters. The van der Waals surface area contributed by atoms with Crippen molar-refractivity contribution in [3.05, 3.63) is 99.9 Å². The van der Waals surface area contributed by atoms with Gasteiger partial charge in [-0.3, -0.25) is 5.32 Å². The molecule has 9 nitrogen and oxygen atoms in total. The lowest BCUT2D eigenvalue weighted by atomic mass is 10.1. The molecular weight excluding hydrogens is 575 g/mol. The van der Waals surface area contributed by atoms with Crippen LogP contribution >= 0.6 is 23.2 Å². The molecule has 1 fully saturated rings. The van der Waals surface area contributed by atoms with Gasteiger partial charge in [0.25, 0.3) is 0 Å². The topological polar surface area (TPSA) is 111 Å². The van der Waals surface area contributed by atoms with Crippen molar-refractivity contribution in [2.45, 2.75) is 31.8 Å². The maximum absolute atomic E-state index is 13.2. The number of urea groups is 1. The third kappa shape index (κ3) is 7.35. The molecule has 0 aliphatic carbocycles. The zero-order valence-corrected chi connectivity index (χ0v) is 24.6. The number of aromatic nitrogens is 2. The van der Waals surface area contributed by atoms with Gasteiger partial charge in [0.2, 0.25) is 0 Å². The summed E-state index contributed by atoms with van der Waals surface area (Å²) in [5, 5.41) is 9.66. The Kier molecular flexibility index (Phi) is 9.51. The second kappa shape index (κ2) is 13.6. The summed E-state index contributed by atoms with van der Waals surface area (Å²) < 4.78 is 4.64. The molecule has 3 aromatic carbocycles. The molecule has 42 heavy (non-hydrogen) atoms. The number of carbonyl (C=O) groups is 2. The number of nitrogens with one attached hydrogen (secondary N) is 4. The van der Waals surface area contributed by atoms with E-state index in [4.69, 9.17) is 28.2 Å². The van der Waals surface area contributed by atoms with E-state index in [1.807, 2.05) is 48.5 Å². The first-order chi connectivity index (χ1) is 20.4. The zero-order valence-electron chi connectivity index (χ0n) is 23.1. The minimum atomic E-state index is -0.557. The fourth-order valence-corrected chi connectivity index (χ4v) is 5.46. The number of nitrogens with zero attached hydrogens (tertiary/aromatic N) is 2. The van der Waals surface area contributed by atoms with Crippen LogP contribution in [0.4, 0.5) is 21.0 Å². The van der Waals surface area contributed by atoms with Crippen LogP contribution < -0.4 is 20.9 Å². The maximum atomic E-state index is 13.2. The van der Waals surface area contributed by atoms with Gasteiger partial charge in [-0.25, -0.2) is 14.6 Å². The van der Waals surface area contributed by atoms with Crippen molar-refractivity contribution >= 4 is 46.7 Å². The average molecular weight is 608 g/mol. The number of aromatic amines is 1. The standard InChI is InChI=1S/C31H32Cl2N6O3/c1-42-31(41)35-24-12-9-21(10-13-24)27-28(33)38-29(37-27)25(17-20-7-3-2-4-8-20)36-30(40)34-19-22-18-23(32)11-14-26(22)39-15-5-6-16-39/h2-4,7-14,18,25H,5-6,15-17,19H2,1H3,(H,35,41)(H,37,38)(H2,34,36,40)/t25-/m1/s1. The minimum absolute atomic E-state index is 0.326. The van der Waals surface area contributed by atoms with E-state index in [2.05, 4.69) is 30.6 Å². The number of amides is 3. The molecule has 1 aliphatic heterocycles. The van der Waals surface area contributed by atoms with Crippen molar-refractivity contribution in [1.82, 2.24) is 20.6 Å². The highest BCUT2D eigenvalue weighted by Gasteiger charge is 2.22. The molecule has 218 valence electrons. The molecular formula is C31H32Cl2N6O3. The Morgan fingerprint density at radius 2 is 1.76 bits per heavy atom. The van der Waals surface area contributed by atoms with Crippen molar-refractivity contribution in [3.63, 3.8) is 0 Å². The van der Waals surface area contributed by atoms with Crippen LogP contribution in [0.25, 0.3) is 11.3 Å². The average Bonchev–Trinajstić information content (AvgIpc) is 3.67. The largest absolute Gasteiger partial charge is 0.453 e. The number of anilines is 2. The van der Waals surface area contributed by atoms with Crippen LogP contribution in [0.3, 0.4) is 0 Å². The molecule has 0 bridgehead atoms. The number of rotatable bonds is 9. The second-order valence-electron chi connectivity index (χ2n) is 10.0. The molecule has 0 saturated carbocycles. The first-order valence-corrected chi connectivity index (χ1v) is 14.5. The number of methoxy groups -OCH3 is 1. The number of ether oxygens (including phenoxy) is 1. The summed E-state index contributed by atoms with van der Waals surface area (Å²) in [6.07, 6.45) is 2.24. The number of H-pyrrole nitrogens is 1. The van der Waals surface area contributed by atoms with Gasteiger partial charge in [0.05, 0.1) is 13.2 Å². The summed E-state index contributed by atoms with van der Waals surface area (Å²) in [6.45, 7) is 2.31. The molecule has 4 aromatic rings. The lowest BCUT2D eigenvalue weighted by molar-refractivity contribution is 0.187. The van der Waals surface area contributed by atoms with Crippen molar-refractivity contribution < 1.29 is 14.3 Å². The number of hydrogen-bond acceptors (Lipinski definition) is 5. The van der Waals surface area contributed by atoms with Crippen LogP contribution in [0.2, 0.25) is 10.2 Å². The molecule has 1 aromatic heterocycles. The Morgan fingerprint density at radius 3 is 2.48 bits per heavy atom. The Morgan fingerprint density at radius 1 is 1.02 bits per heavy atom. The van der Waals surface area contributed by atoms with Gasteiger partial charge in [-0.2, -0.15) is 0 Å². The Bertz CT molecular complexity index is 1520. The Balaban J connectivity index is 1.33. The fraction of sp³-hybridized carbons (Fsp3) is 0.258. The van der Waals surface area contributed by atoms with Crippen molar-refractivity contribution in [2.75, 3.05) is 30.4 Å². The van der Waals surface area contributed by atoms with Crippen molar-refractivity contribution in [2.24, 2.45) is 0 Å². The molecule has 0 spiro atoms. The Hall–Kier alpha value is -4.21. The van der Waals surface area contributed by atoms with Gasteiger partial charge in [0.1, 0.15) is 16.7 Å². The summed E-state index contributed by atoms with van der Waals surface area (Å²) in [4.78, 5) is 35.0. The summed E-state index contributed by atoms with van der Waals surface area (Å²) in [7, 11) is 1.30. The molecule has 11 heteroatoms. The molecule has 5 rings (SSSR count). The number of benzene rings is 3. The van der Waals surface area contributed by atoms with Crippen molar-refractivity contribution in [1.29, 1.82) is 0 Å². The third-order valence-electron chi connectivity index (χ3n) is 7.11. The van der Waals surface area contributed by atoms with E-state index in [9.17, 15) is 9.59 Å². The molecule has 1 saturated heterocycles. The zero-order chi connectivity index (χ0) is 29.5. The van der Waals surface area contributed by atoms with Crippen LogP contribution in [0.5, 0.6) is 0 Å². The molecule has 1 atom stereocenters. The van der Waals surface area contributed by atoms with Crippen LogP contribution in [-0.2, 0) is 17.7 Å². The van der Waals surface area contributed by atoms with E-state index in [0.29, 0.717) is 40.3 Å². The van der Waals surface area contributed by atoms with Crippen LogP contribution in [0, 0.1) is 0 Å². The number of imidazole rings is 1. The Labute approximate surface area is 254 Å². The van der Waals surface area contributed by atoms with E-state index in [0.717, 1.165) is 48.3 Å². The number of hydrogen-bond donors (Lipinski definition) is 4. The van der Waals surface area contributed by atoms with Gasteiger partial charge in [0, 0.05) is 41.6 Å². The van der Waals surface area contributed by atoms with Gasteiger partial charge < -0.3 is 25.3 Å². The normalized spacial score (nSPS) is 13.5. The predicted molar refractivity (Wildman–Crippen MR) is 166 cm³/mol. The van der Waals surface area contributed by atoms with Gasteiger partial charge in [-0.15, -0.1) is 0 Å². The minimum Gasteiger partial charge on any atom is -0.453 e.